The van der Waals surface area contributed by atoms with Crippen molar-refractivity contribution in [3.63, 3.8) is 0 Å². The Morgan fingerprint density at radius 3 is 2.71 bits per heavy atom. The van der Waals surface area contributed by atoms with E-state index >= 15 is 0 Å². The quantitative estimate of drug-likeness (QED) is 0.287. The molecule has 0 aliphatic carbocycles. The van der Waals surface area contributed by atoms with Crippen LogP contribution in [0.4, 0.5) is 0 Å². The van der Waals surface area contributed by atoms with Crippen LogP contribution in [0.3, 0.4) is 0 Å². The van der Waals surface area contributed by atoms with Gasteiger partial charge >= 0.3 is 0 Å². The highest BCUT2D eigenvalue weighted by Gasteiger charge is 2.14. The lowest BCUT2D eigenvalue weighted by molar-refractivity contribution is 0.414. The summed E-state index contributed by atoms with van der Waals surface area (Å²) in [5.74, 6) is 4.45. The number of aliphatic imine (C=N–C) groups is 1. The fraction of sp³-hybridized carbons (Fsp3) is 0.609. The van der Waals surface area contributed by atoms with Gasteiger partial charge in [0.15, 0.2) is 5.96 Å². The second kappa shape index (κ2) is 13.5. The van der Waals surface area contributed by atoms with Crippen molar-refractivity contribution in [2.45, 2.75) is 64.8 Å². The molecule has 0 bridgehead atoms. The predicted molar refractivity (Wildman–Crippen MR) is 137 cm³/mol. The van der Waals surface area contributed by atoms with Gasteiger partial charge in [-0.2, -0.15) is 0 Å². The first-order valence-electron chi connectivity index (χ1n) is 11.3. The predicted octanol–water partition coefficient (Wildman–Crippen LogP) is 3.92. The third-order valence-corrected chi connectivity index (χ3v) is 5.69. The first-order chi connectivity index (χ1) is 14.7. The number of methoxy groups -OCH3 is 1. The van der Waals surface area contributed by atoms with Gasteiger partial charge < -0.3 is 19.9 Å². The van der Waals surface area contributed by atoms with E-state index < -0.39 is 0 Å². The number of hydrogen-bond donors (Lipinski definition) is 2. The third-order valence-electron chi connectivity index (χ3n) is 5.69. The summed E-state index contributed by atoms with van der Waals surface area (Å²) < 4.78 is 7.56. The molecule has 172 valence electrons. The lowest BCUT2D eigenvalue weighted by Crippen LogP contribution is -2.38. The molecular formula is C23H37IN6O. The number of guanidine groups is 1. The number of aryl methyl sites for hydroxylation is 1. The van der Waals surface area contributed by atoms with E-state index in [-0.39, 0.29) is 24.0 Å². The van der Waals surface area contributed by atoms with Crippen molar-refractivity contribution in [1.29, 1.82) is 0 Å². The van der Waals surface area contributed by atoms with Gasteiger partial charge in [0, 0.05) is 39.0 Å². The molecule has 1 aromatic heterocycles. The highest BCUT2D eigenvalue weighted by molar-refractivity contribution is 14.0. The van der Waals surface area contributed by atoms with Gasteiger partial charge in [-0.15, -0.1) is 34.2 Å². The van der Waals surface area contributed by atoms with Gasteiger partial charge in [0.2, 0.25) is 0 Å². The maximum absolute atomic E-state index is 5.24. The van der Waals surface area contributed by atoms with Crippen molar-refractivity contribution in [3.05, 3.63) is 41.5 Å². The molecule has 2 aromatic rings. The van der Waals surface area contributed by atoms with Crippen LogP contribution in [0, 0.1) is 0 Å². The fourth-order valence-electron chi connectivity index (χ4n) is 3.83. The smallest absolute Gasteiger partial charge is 0.191 e. The van der Waals surface area contributed by atoms with Crippen molar-refractivity contribution >= 4 is 29.9 Å². The number of halogens is 1. The number of fused-ring (bicyclic) bond motifs is 1. The zero-order valence-corrected chi connectivity index (χ0v) is 21.4. The Kier molecular flexibility index (Phi) is 11.1. The number of rotatable bonds is 9. The van der Waals surface area contributed by atoms with Crippen LogP contribution >= 0.6 is 24.0 Å². The summed E-state index contributed by atoms with van der Waals surface area (Å²) in [6.07, 6.45) is 6.65. The minimum Gasteiger partial charge on any atom is -0.497 e. The van der Waals surface area contributed by atoms with Gasteiger partial charge in [0.05, 0.1) is 7.11 Å². The van der Waals surface area contributed by atoms with Gasteiger partial charge in [-0.05, 0) is 49.8 Å². The van der Waals surface area contributed by atoms with Crippen molar-refractivity contribution in [2.24, 2.45) is 4.99 Å². The number of benzene rings is 1. The summed E-state index contributed by atoms with van der Waals surface area (Å²) in [6, 6.07) is 8.31. The summed E-state index contributed by atoms with van der Waals surface area (Å²) in [5, 5.41) is 15.6. The topological polar surface area (TPSA) is 76.4 Å². The fourth-order valence-corrected chi connectivity index (χ4v) is 3.83. The zero-order valence-electron chi connectivity index (χ0n) is 19.1. The first-order valence-corrected chi connectivity index (χ1v) is 11.3. The third kappa shape index (κ3) is 7.66. The molecule has 2 N–H and O–H groups in total. The molecular weight excluding hydrogens is 503 g/mol. The number of ether oxygens (including phenoxy) is 1. The highest BCUT2D eigenvalue weighted by atomic mass is 127. The lowest BCUT2D eigenvalue weighted by atomic mass is 9.98. The second-order valence-electron chi connectivity index (χ2n) is 7.90. The van der Waals surface area contributed by atoms with Gasteiger partial charge in [-0.25, -0.2) is 0 Å². The normalized spacial score (nSPS) is 14.7. The maximum atomic E-state index is 5.24. The van der Waals surface area contributed by atoms with Crippen LogP contribution in [0.1, 0.15) is 62.7 Å². The Morgan fingerprint density at radius 2 is 1.97 bits per heavy atom. The SMILES string of the molecule is CCNC(=NCCC(C)c1ccc(OC)cc1)NCCc1nnc2n1CCCCC2.I. The Bertz CT molecular complexity index is 805. The number of nitrogens with one attached hydrogen (secondary N) is 2. The Labute approximate surface area is 203 Å². The Morgan fingerprint density at radius 1 is 1.16 bits per heavy atom. The van der Waals surface area contributed by atoms with E-state index in [2.05, 4.69) is 51.4 Å². The van der Waals surface area contributed by atoms with Crippen molar-refractivity contribution < 1.29 is 4.74 Å². The van der Waals surface area contributed by atoms with Crippen LogP contribution in [0.25, 0.3) is 0 Å². The second-order valence-corrected chi connectivity index (χ2v) is 7.90. The summed E-state index contributed by atoms with van der Waals surface area (Å²) in [7, 11) is 1.70. The molecule has 3 rings (SSSR count). The van der Waals surface area contributed by atoms with Crippen LogP contribution in [0.15, 0.2) is 29.3 Å². The maximum Gasteiger partial charge on any atom is 0.191 e. The molecule has 0 amide bonds. The molecule has 2 heterocycles. The zero-order chi connectivity index (χ0) is 21.2. The molecule has 8 heteroatoms. The standard InChI is InChI=1S/C23H36N6O.HI/c1-4-24-23(25-15-13-18(2)19-9-11-20(30-3)12-10-19)26-16-14-22-28-27-21-8-6-5-7-17-29(21)22;/h9-12,18H,4-8,13-17H2,1-3H3,(H2,24,25,26);1H. The van der Waals surface area contributed by atoms with E-state index in [1.165, 1.54) is 24.8 Å². The molecule has 7 nitrogen and oxygen atoms in total. The summed E-state index contributed by atoms with van der Waals surface area (Å²) in [6.45, 7) is 7.82. The van der Waals surface area contributed by atoms with E-state index in [9.17, 15) is 0 Å². The highest BCUT2D eigenvalue weighted by Crippen LogP contribution is 2.21. The molecule has 31 heavy (non-hydrogen) atoms. The molecule has 0 saturated carbocycles. The van der Waals surface area contributed by atoms with Gasteiger partial charge in [-0.1, -0.05) is 25.5 Å². The number of aromatic nitrogens is 3. The van der Waals surface area contributed by atoms with Crippen molar-refractivity contribution in [1.82, 2.24) is 25.4 Å². The average Bonchev–Trinajstić information content (AvgIpc) is 2.99. The van der Waals surface area contributed by atoms with Crippen molar-refractivity contribution in [3.8, 4) is 5.75 Å². The van der Waals surface area contributed by atoms with E-state index in [0.29, 0.717) is 5.92 Å². The summed E-state index contributed by atoms with van der Waals surface area (Å²) in [5.41, 5.74) is 1.32. The molecule has 1 aliphatic rings. The van der Waals surface area contributed by atoms with Gasteiger partial charge in [-0.3, -0.25) is 4.99 Å². The lowest BCUT2D eigenvalue weighted by Gasteiger charge is -2.14. The van der Waals surface area contributed by atoms with Crippen LogP contribution < -0.4 is 15.4 Å². The number of hydrogen-bond acceptors (Lipinski definition) is 4. The Balaban J connectivity index is 0.00000341. The van der Waals surface area contributed by atoms with Crippen LogP contribution in [-0.2, 0) is 19.4 Å². The van der Waals surface area contributed by atoms with E-state index in [4.69, 9.17) is 9.73 Å². The van der Waals surface area contributed by atoms with Crippen LogP contribution in [0.2, 0.25) is 0 Å². The molecule has 1 atom stereocenters. The molecule has 1 aliphatic heterocycles. The molecule has 1 unspecified atom stereocenters. The molecule has 1 aromatic carbocycles. The minimum absolute atomic E-state index is 0. The molecule has 0 fully saturated rings. The van der Waals surface area contributed by atoms with Crippen LogP contribution in [-0.4, -0.2) is 47.5 Å². The monoisotopic (exact) mass is 540 g/mol. The summed E-state index contributed by atoms with van der Waals surface area (Å²) in [4.78, 5) is 4.76. The van der Waals surface area contributed by atoms with Gasteiger partial charge in [0.1, 0.15) is 17.4 Å². The molecule has 0 radical (unpaired) electrons. The molecule has 0 spiro atoms. The van der Waals surface area contributed by atoms with Gasteiger partial charge in [0.25, 0.3) is 0 Å². The largest absolute Gasteiger partial charge is 0.497 e. The van der Waals surface area contributed by atoms with E-state index in [1.807, 2.05) is 12.1 Å². The number of nitrogens with zero attached hydrogens (tertiary/aromatic N) is 4. The van der Waals surface area contributed by atoms with E-state index in [1.54, 1.807) is 7.11 Å². The minimum atomic E-state index is 0. The van der Waals surface area contributed by atoms with Crippen LogP contribution in [0.5, 0.6) is 5.75 Å². The van der Waals surface area contributed by atoms with E-state index in [0.717, 1.165) is 68.8 Å². The Hall–Kier alpha value is -1.84. The first kappa shape index (κ1) is 25.4. The average molecular weight is 540 g/mol. The van der Waals surface area contributed by atoms with Crippen molar-refractivity contribution in [2.75, 3.05) is 26.7 Å². The summed E-state index contributed by atoms with van der Waals surface area (Å²) >= 11 is 0. The molecule has 0 saturated heterocycles.